The molecule has 0 atom stereocenters. The van der Waals surface area contributed by atoms with Gasteiger partial charge in [0.05, 0.1) is 18.7 Å². The van der Waals surface area contributed by atoms with Gasteiger partial charge in [-0.15, -0.1) is 0 Å². The van der Waals surface area contributed by atoms with Crippen LogP contribution in [-0.2, 0) is 9.59 Å². The number of hydrogen-bond donors (Lipinski definition) is 3. The number of carbonyl (C=O) groups is 2. The molecule has 4 N–H and O–H groups in total. The molecule has 1 aromatic rings. The number of carbonyl (C=O) groups excluding carboxylic acids is 2. The first-order valence-corrected chi connectivity index (χ1v) is 7.63. The first-order valence-electron chi connectivity index (χ1n) is 7.63. The molecule has 6 nitrogen and oxygen atoms in total. The summed E-state index contributed by atoms with van der Waals surface area (Å²) in [5.74, 6) is 0.228. The van der Waals surface area contributed by atoms with Crippen LogP contribution in [-0.4, -0.2) is 30.5 Å². The Balaban J connectivity index is 1.79. The lowest BCUT2D eigenvalue weighted by Gasteiger charge is -2.21. The summed E-state index contributed by atoms with van der Waals surface area (Å²) < 4.78 is 5.33. The number of amides is 2. The number of nitrogens with one attached hydrogen (secondary N) is 2. The van der Waals surface area contributed by atoms with Crippen molar-refractivity contribution in [1.82, 2.24) is 5.32 Å². The Morgan fingerprint density at radius 2 is 1.86 bits per heavy atom. The lowest BCUT2D eigenvalue weighted by molar-refractivity contribution is -0.128. The quantitative estimate of drug-likeness (QED) is 0.741. The monoisotopic (exact) mass is 305 g/mol. The molecule has 0 aliphatic heterocycles. The molecule has 1 saturated carbocycles. The van der Waals surface area contributed by atoms with E-state index in [2.05, 4.69) is 10.6 Å². The highest BCUT2D eigenvalue weighted by Gasteiger charge is 2.36. The Labute approximate surface area is 130 Å². The molecule has 0 bridgehead atoms. The second-order valence-electron chi connectivity index (χ2n) is 5.55. The smallest absolute Gasteiger partial charge is 0.243 e. The topological polar surface area (TPSA) is 93.5 Å². The van der Waals surface area contributed by atoms with Crippen molar-refractivity contribution in [2.24, 2.45) is 5.73 Å². The van der Waals surface area contributed by atoms with Crippen molar-refractivity contribution in [2.75, 3.05) is 18.5 Å². The third kappa shape index (κ3) is 4.21. The van der Waals surface area contributed by atoms with E-state index in [1.54, 1.807) is 24.3 Å². The summed E-state index contributed by atoms with van der Waals surface area (Å²) >= 11 is 0. The summed E-state index contributed by atoms with van der Waals surface area (Å²) in [6, 6.07) is 7.08. The molecule has 0 unspecified atom stereocenters. The van der Waals surface area contributed by atoms with Crippen molar-refractivity contribution in [3.8, 4) is 5.75 Å². The average Bonchev–Trinajstić information content (AvgIpc) is 2.95. The van der Waals surface area contributed by atoms with Gasteiger partial charge in [0, 0.05) is 5.69 Å². The molecule has 6 heteroatoms. The van der Waals surface area contributed by atoms with Crippen molar-refractivity contribution in [1.29, 1.82) is 0 Å². The van der Waals surface area contributed by atoms with Crippen LogP contribution in [0.3, 0.4) is 0 Å². The second kappa shape index (κ2) is 7.26. The SMILES string of the molecule is CCOc1ccc(NC(=O)CNC(=O)C2(N)CCCC2)cc1. The van der Waals surface area contributed by atoms with E-state index in [1.165, 1.54) is 0 Å². The molecule has 1 aromatic carbocycles. The second-order valence-corrected chi connectivity index (χ2v) is 5.55. The highest BCUT2D eigenvalue weighted by atomic mass is 16.5. The molecular formula is C16H23N3O3. The number of hydrogen-bond acceptors (Lipinski definition) is 4. The number of benzene rings is 1. The van der Waals surface area contributed by atoms with Gasteiger partial charge in [-0.1, -0.05) is 12.8 Å². The van der Waals surface area contributed by atoms with Gasteiger partial charge in [-0.05, 0) is 44.0 Å². The minimum Gasteiger partial charge on any atom is -0.494 e. The predicted molar refractivity (Wildman–Crippen MR) is 84.6 cm³/mol. The zero-order chi connectivity index (χ0) is 16.0. The summed E-state index contributed by atoms with van der Waals surface area (Å²) in [5, 5.41) is 5.34. The van der Waals surface area contributed by atoms with Crippen molar-refractivity contribution >= 4 is 17.5 Å². The van der Waals surface area contributed by atoms with Crippen molar-refractivity contribution in [3.05, 3.63) is 24.3 Å². The van der Waals surface area contributed by atoms with Gasteiger partial charge < -0.3 is 21.1 Å². The molecule has 0 spiro atoms. The Bertz CT molecular complexity index is 522. The van der Waals surface area contributed by atoms with Crippen LogP contribution in [0.5, 0.6) is 5.75 Å². The van der Waals surface area contributed by atoms with Gasteiger partial charge in [-0.3, -0.25) is 9.59 Å². The Hall–Kier alpha value is -2.08. The summed E-state index contributed by atoms with van der Waals surface area (Å²) in [6.07, 6.45) is 3.28. The fourth-order valence-electron chi connectivity index (χ4n) is 2.58. The maximum absolute atomic E-state index is 12.0. The molecule has 1 fully saturated rings. The number of rotatable bonds is 6. The molecular weight excluding hydrogens is 282 g/mol. The van der Waals surface area contributed by atoms with E-state index in [1.807, 2.05) is 6.92 Å². The summed E-state index contributed by atoms with van der Waals surface area (Å²) in [5.41, 5.74) is 5.88. The number of nitrogens with two attached hydrogens (primary N) is 1. The van der Waals surface area contributed by atoms with Gasteiger partial charge in [0.25, 0.3) is 0 Å². The van der Waals surface area contributed by atoms with Crippen molar-refractivity contribution < 1.29 is 14.3 Å². The average molecular weight is 305 g/mol. The number of anilines is 1. The standard InChI is InChI=1S/C16H23N3O3/c1-2-22-13-7-5-12(6-8-13)19-14(20)11-18-15(21)16(17)9-3-4-10-16/h5-8H,2-4,9-11,17H2,1H3,(H,18,21)(H,19,20). The van der Waals surface area contributed by atoms with E-state index in [0.29, 0.717) is 25.1 Å². The lowest BCUT2D eigenvalue weighted by Crippen LogP contribution is -2.53. The zero-order valence-corrected chi connectivity index (χ0v) is 12.9. The predicted octanol–water partition coefficient (Wildman–Crippen LogP) is 1.41. The first-order chi connectivity index (χ1) is 10.5. The normalized spacial score (nSPS) is 16.1. The first kappa shape index (κ1) is 16.3. The van der Waals surface area contributed by atoms with Crippen LogP contribution >= 0.6 is 0 Å². The minimum atomic E-state index is -0.806. The van der Waals surface area contributed by atoms with Gasteiger partial charge >= 0.3 is 0 Å². The van der Waals surface area contributed by atoms with Gasteiger partial charge in [-0.25, -0.2) is 0 Å². The molecule has 1 aliphatic rings. The molecule has 1 aliphatic carbocycles. The molecule has 0 aromatic heterocycles. The van der Waals surface area contributed by atoms with Gasteiger partial charge in [0.2, 0.25) is 11.8 Å². The molecule has 0 saturated heterocycles. The van der Waals surface area contributed by atoms with Crippen molar-refractivity contribution in [3.63, 3.8) is 0 Å². The lowest BCUT2D eigenvalue weighted by atomic mass is 9.98. The highest BCUT2D eigenvalue weighted by Crippen LogP contribution is 2.27. The van der Waals surface area contributed by atoms with E-state index < -0.39 is 5.54 Å². The van der Waals surface area contributed by atoms with Crippen LogP contribution in [0.1, 0.15) is 32.6 Å². The maximum atomic E-state index is 12.0. The Kier molecular flexibility index (Phi) is 5.38. The van der Waals surface area contributed by atoms with Gasteiger partial charge in [0.15, 0.2) is 0 Å². The molecule has 0 radical (unpaired) electrons. The third-order valence-corrected chi connectivity index (χ3v) is 3.81. The maximum Gasteiger partial charge on any atom is 0.243 e. The molecule has 2 amide bonds. The fourth-order valence-corrected chi connectivity index (χ4v) is 2.58. The van der Waals surface area contributed by atoms with E-state index in [4.69, 9.17) is 10.5 Å². The Morgan fingerprint density at radius 3 is 2.45 bits per heavy atom. The van der Waals surface area contributed by atoms with E-state index >= 15 is 0 Å². The third-order valence-electron chi connectivity index (χ3n) is 3.81. The molecule has 0 heterocycles. The molecule has 120 valence electrons. The molecule has 22 heavy (non-hydrogen) atoms. The fraction of sp³-hybridized carbons (Fsp3) is 0.500. The Morgan fingerprint density at radius 1 is 1.23 bits per heavy atom. The van der Waals surface area contributed by atoms with E-state index in [0.717, 1.165) is 18.6 Å². The van der Waals surface area contributed by atoms with E-state index in [9.17, 15) is 9.59 Å². The van der Waals surface area contributed by atoms with Crippen LogP contribution in [0.15, 0.2) is 24.3 Å². The zero-order valence-electron chi connectivity index (χ0n) is 12.9. The van der Waals surface area contributed by atoms with Crippen LogP contribution in [0.4, 0.5) is 5.69 Å². The van der Waals surface area contributed by atoms with Crippen LogP contribution in [0.25, 0.3) is 0 Å². The van der Waals surface area contributed by atoms with Crippen LogP contribution < -0.4 is 21.1 Å². The number of ether oxygens (including phenoxy) is 1. The minimum absolute atomic E-state index is 0.0784. The van der Waals surface area contributed by atoms with Gasteiger partial charge in [-0.2, -0.15) is 0 Å². The van der Waals surface area contributed by atoms with E-state index in [-0.39, 0.29) is 18.4 Å². The summed E-state index contributed by atoms with van der Waals surface area (Å²) in [6.45, 7) is 2.43. The summed E-state index contributed by atoms with van der Waals surface area (Å²) in [7, 11) is 0. The van der Waals surface area contributed by atoms with Crippen molar-refractivity contribution in [2.45, 2.75) is 38.1 Å². The largest absolute Gasteiger partial charge is 0.494 e. The van der Waals surface area contributed by atoms with Crippen LogP contribution in [0.2, 0.25) is 0 Å². The molecule has 2 rings (SSSR count). The van der Waals surface area contributed by atoms with Gasteiger partial charge in [0.1, 0.15) is 5.75 Å². The highest BCUT2D eigenvalue weighted by molar-refractivity contribution is 5.96. The van der Waals surface area contributed by atoms with Crippen LogP contribution in [0, 0.1) is 0 Å². The summed E-state index contributed by atoms with van der Waals surface area (Å²) in [4.78, 5) is 23.9.